The summed E-state index contributed by atoms with van der Waals surface area (Å²) in [5, 5.41) is 14.6. The third kappa shape index (κ3) is 4.64. The van der Waals surface area contributed by atoms with Gasteiger partial charge in [-0.2, -0.15) is 0 Å². The highest BCUT2D eigenvalue weighted by Crippen LogP contribution is 2.35. The highest BCUT2D eigenvalue weighted by atomic mass is 35.5. The Kier molecular flexibility index (Phi) is 6.30. The van der Waals surface area contributed by atoms with Crippen molar-refractivity contribution in [3.63, 3.8) is 0 Å². The largest absolute Gasteiger partial charge is 0.481 e. The van der Waals surface area contributed by atoms with E-state index in [9.17, 15) is 4.79 Å². The predicted molar refractivity (Wildman–Crippen MR) is 109 cm³/mol. The van der Waals surface area contributed by atoms with Gasteiger partial charge >= 0.3 is 5.97 Å². The number of fused-ring (bicyclic) bond motifs is 1. The van der Waals surface area contributed by atoms with Crippen LogP contribution < -0.4 is 5.32 Å². The van der Waals surface area contributed by atoms with Gasteiger partial charge in [-0.25, -0.2) is 0 Å². The van der Waals surface area contributed by atoms with Crippen molar-refractivity contribution >= 4 is 39.0 Å². The number of carboxylic acids is 1. The van der Waals surface area contributed by atoms with E-state index in [0.717, 1.165) is 22.7 Å². The second-order valence-corrected chi connectivity index (χ2v) is 7.98. The van der Waals surface area contributed by atoms with Gasteiger partial charge < -0.3 is 10.4 Å². The summed E-state index contributed by atoms with van der Waals surface area (Å²) < 4.78 is 1.12. The average molecular weight is 388 g/mol. The molecule has 1 aromatic heterocycles. The number of carboxylic acid groups (broad SMARTS) is 1. The minimum Gasteiger partial charge on any atom is -0.481 e. The third-order valence-corrected chi connectivity index (χ3v) is 6.37. The fourth-order valence-electron chi connectivity index (χ4n) is 3.14. The van der Waals surface area contributed by atoms with E-state index in [1.807, 2.05) is 30.3 Å². The molecular formula is C21H22ClNO2S. The van der Waals surface area contributed by atoms with Crippen LogP contribution in [0.2, 0.25) is 5.02 Å². The number of hydrogen-bond acceptors (Lipinski definition) is 3. The van der Waals surface area contributed by atoms with Gasteiger partial charge in [-0.15, -0.1) is 11.3 Å². The van der Waals surface area contributed by atoms with Crippen LogP contribution in [0, 0.1) is 6.92 Å². The minimum atomic E-state index is -0.755. The zero-order valence-corrected chi connectivity index (χ0v) is 16.2. The van der Waals surface area contributed by atoms with Gasteiger partial charge in [-0.3, -0.25) is 4.79 Å². The smallest absolute Gasteiger partial charge is 0.303 e. The molecule has 1 unspecified atom stereocenters. The Morgan fingerprint density at radius 1 is 1.19 bits per heavy atom. The Morgan fingerprint density at radius 3 is 2.65 bits per heavy atom. The van der Waals surface area contributed by atoms with Crippen LogP contribution >= 0.6 is 22.9 Å². The van der Waals surface area contributed by atoms with E-state index >= 15 is 0 Å². The molecule has 1 heterocycles. The molecule has 2 N–H and O–H groups in total. The van der Waals surface area contributed by atoms with E-state index in [1.54, 1.807) is 11.3 Å². The third-order valence-electron chi connectivity index (χ3n) is 4.60. The molecule has 0 aliphatic carbocycles. The number of thiophene rings is 1. The van der Waals surface area contributed by atoms with Crippen LogP contribution in [0.1, 0.15) is 28.8 Å². The van der Waals surface area contributed by atoms with Crippen molar-refractivity contribution in [2.24, 2.45) is 0 Å². The summed E-state index contributed by atoms with van der Waals surface area (Å²) in [6.07, 6.45) is 1.59. The number of aliphatic carboxylic acids is 1. The Labute approximate surface area is 162 Å². The van der Waals surface area contributed by atoms with Crippen LogP contribution in [0.4, 0.5) is 0 Å². The fourth-order valence-corrected chi connectivity index (χ4v) is 4.59. The monoisotopic (exact) mass is 387 g/mol. The van der Waals surface area contributed by atoms with Crippen molar-refractivity contribution < 1.29 is 9.90 Å². The normalized spacial score (nSPS) is 12.4. The number of nitrogens with one attached hydrogen (secondary N) is 1. The van der Waals surface area contributed by atoms with Crippen molar-refractivity contribution in [3.8, 4) is 0 Å². The van der Waals surface area contributed by atoms with Crippen molar-refractivity contribution in [3.05, 3.63) is 69.6 Å². The van der Waals surface area contributed by atoms with Crippen LogP contribution in [-0.2, 0) is 17.8 Å². The van der Waals surface area contributed by atoms with E-state index in [1.165, 1.54) is 21.4 Å². The first kappa shape index (κ1) is 18.9. The highest BCUT2D eigenvalue weighted by molar-refractivity contribution is 7.20. The molecule has 0 saturated carbocycles. The second kappa shape index (κ2) is 8.67. The number of carbonyl (C=O) groups is 1. The molecule has 0 bridgehead atoms. The van der Waals surface area contributed by atoms with Gasteiger partial charge in [0, 0.05) is 23.9 Å². The van der Waals surface area contributed by atoms with Crippen molar-refractivity contribution in [2.75, 3.05) is 0 Å². The number of halogens is 1. The summed E-state index contributed by atoms with van der Waals surface area (Å²) in [6.45, 7) is 2.84. The summed E-state index contributed by atoms with van der Waals surface area (Å²) in [7, 11) is 0. The molecule has 3 aromatic rings. The summed E-state index contributed by atoms with van der Waals surface area (Å²) >= 11 is 8.03. The van der Waals surface area contributed by atoms with Crippen LogP contribution in [0.3, 0.4) is 0 Å². The number of hydrogen-bond donors (Lipinski definition) is 2. The predicted octanol–water partition coefficient (Wildman–Crippen LogP) is 5.43. The van der Waals surface area contributed by atoms with Gasteiger partial charge in [0.25, 0.3) is 0 Å². The molecule has 0 aliphatic heterocycles. The molecule has 0 fully saturated rings. The van der Waals surface area contributed by atoms with Crippen molar-refractivity contribution in [1.82, 2.24) is 5.32 Å². The lowest BCUT2D eigenvalue weighted by Crippen LogP contribution is -2.31. The lowest BCUT2D eigenvalue weighted by atomic mass is 10.0. The van der Waals surface area contributed by atoms with Crippen LogP contribution in [-0.4, -0.2) is 17.1 Å². The van der Waals surface area contributed by atoms with Gasteiger partial charge in [0.05, 0.1) is 9.72 Å². The summed E-state index contributed by atoms with van der Waals surface area (Å²) in [5.74, 6) is -0.755. The lowest BCUT2D eigenvalue weighted by molar-refractivity contribution is -0.137. The number of rotatable bonds is 8. The van der Waals surface area contributed by atoms with E-state index in [2.05, 4.69) is 30.4 Å². The second-order valence-electron chi connectivity index (χ2n) is 6.47. The van der Waals surface area contributed by atoms with Gasteiger partial charge in [-0.05, 0) is 42.3 Å². The van der Waals surface area contributed by atoms with Crippen LogP contribution in [0.25, 0.3) is 10.1 Å². The summed E-state index contributed by atoms with van der Waals surface area (Å²) in [4.78, 5) is 12.3. The SMILES string of the molecule is Cc1c(CNC(CCC(=O)O)Cc2ccccc2)sc2c(Cl)cccc12. The fraction of sp³-hybridized carbons (Fsp3) is 0.286. The van der Waals surface area contributed by atoms with E-state index in [0.29, 0.717) is 6.42 Å². The molecule has 0 spiro atoms. The molecule has 3 nitrogen and oxygen atoms in total. The first-order valence-corrected chi connectivity index (χ1v) is 9.89. The summed E-state index contributed by atoms with van der Waals surface area (Å²) in [5.41, 5.74) is 2.46. The molecule has 1 atom stereocenters. The first-order valence-electron chi connectivity index (χ1n) is 8.70. The lowest BCUT2D eigenvalue weighted by Gasteiger charge is -2.18. The quantitative estimate of drug-likeness (QED) is 0.541. The maximum atomic E-state index is 11.0. The van der Waals surface area contributed by atoms with E-state index in [4.69, 9.17) is 16.7 Å². The number of benzene rings is 2. The van der Waals surface area contributed by atoms with E-state index in [-0.39, 0.29) is 12.5 Å². The summed E-state index contributed by atoms with van der Waals surface area (Å²) in [6, 6.07) is 16.3. The van der Waals surface area contributed by atoms with Crippen LogP contribution in [0.5, 0.6) is 0 Å². The molecule has 136 valence electrons. The molecule has 5 heteroatoms. The molecule has 3 rings (SSSR count). The zero-order valence-electron chi connectivity index (χ0n) is 14.7. The molecule has 0 radical (unpaired) electrons. The Morgan fingerprint density at radius 2 is 1.96 bits per heavy atom. The van der Waals surface area contributed by atoms with Crippen LogP contribution in [0.15, 0.2) is 48.5 Å². The Bertz CT molecular complexity index is 892. The van der Waals surface area contributed by atoms with E-state index < -0.39 is 5.97 Å². The molecule has 0 aliphatic rings. The minimum absolute atomic E-state index is 0.119. The van der Waals surface area contributed by atoms with Crippen molar-refractivity contribution in [1.29, 1.82) is 0 Å². The topological polar surface area (TPSA) is 49.3 Å². The maximum absolute atomic E-state index is 11.0. The van der Waals surface area contributed by atoms with Gasteiger partial charge in [0.2, 0.25) is 0 Å². The molecule has 0 saturated heterocycles. The Balaban J connectivity index is 1.73. The number of aryl methyl sites for hydroxylation is 1. The highest BCUT2D eigenvalue weighted by Gasteiger charge is 2.15. The maximum Gasteiger partial charge on any atom is 0.303 e. The Hall–Kier alpha value is -1.88. The average Bonchev–Trinajstić information content (AvgIpc) is 2.96. The molecular weight excluding hydrogens is 366 g/mol. The standard InChI is InChI=1S/C21H22ClNO2S/c1-14-17-8-5-9-18(22)21(17)26-19(14)13-23-16(10-11-20(24)25)12-15-6-3-2-4-7-15/h2-9,16,23H,10-13H2,1H3,(H,24,25). The zero-order chi connectivity index (χ0) is 18.5. The van der Waals surface area contributed by atoms with Gasteiger partial charge in [0.15, 0.2) is 0 Å². The molecule has 0 amide bonds. The molecule has 2 aromatic carbocycles. The van der Waals surface area contributed by atoms with Gasteiger partial charge in [-0.1, -0.05) is 54.1 Å². The first-order chi connectivity index (χ1) is 12.5. The van der Waals surface area contributed by atoms with Crippen molar-refractivity contribution in [2.45, 2.75) is 38.8 Å². The van der Waals surface area contributed by atoms with Gasteiger partial charge in [0.1, 0.15) is 0 Å². The molecule has 26 heavy (non-hydrogen) atoms.